The lowest BCUT2D eigenvalue weighted by molar-refractivity contribution is 0.662. The molecular weight excluding hydrogens is 647 g/mol. The van der Waals surface area contributed by atoms with E-state index in [9.17, 15) is 0 Å². The Bertz CT molecular complexity index is 2710. The molecule has 3 aliphatic carbocycles. The van der Waals surface area contributed by atoms with Gasteiger partial charge in [0.15, 0.2) is 17.5 Å². The Kier molecular flexibility index (Phi) is 7.72. The van der Waals surface area contributed by atoms with E-state index in [-0.39, 0.29) is 11.8 Å². The van der Waals surface area contributed by atoms with Crippen molar-refractivity contribution in [2.24, 2.45) is 5.92 Å². The molecule has 252 valence electrons. The van der Waals surface area contributed by atoms with Gasteiger partial charge in [0.25, 0.3) is 0 Å². The molecular formula is C49H35N3O. The van der Waals surface area contributed by atoms with Crippen LogP contribution in [0.3, 0.4) is 0 Å². The molecule has 0 N–H and O–H groups in total. The van der Waals surface area contributed by atoms with Gasteiger partial charge in [-0.3, -0.25) is 0 Å². The Balaban J connectivity index is 1.06. The molecule has 2 atom stereocenters. The zero-order valence-corrected chi connectivity index (χ0v) is 29.1. The third-order valence-electron chi connectivity index (χ3n) is 10.7. The topological polar surface area (TPSA) is 51.8 Å². The number of aromatic nitrogens is 3. The fourth-order valence-electron chi connectivity index (χ4n) is 8.07. The van der Waals surface area contributed by atoms with Crippen molar-refractivity contribution >= 4 is 38.7 Å². The van der Waals surface area contributed by atoms with Crippen LogP contribution in [-0.2, 0) is 0 Å². The number of hydrogen-bond acceptors (Lipinski definition) is 4. The van der Waals surface area contributed by atoms with Gasteiger partial charge in [0.2, 0.25) is 0 Å². The van der Waals surface area contributed by atoms with Crippen molar-refractivity contribution in [2.45, 2.75) is 18.8 Å². The van der Waals surface area contributed by atoms with Crippen molar-refractivity contribution in [3.8, 4) is 22.5 Å². The van der Waals surface area contributed by atoms with E-state index in [1.165, 1.54) is 33.2 Å². The van der Waals surface area contributed by atoms with E-state index in [4.69, 9.17) is 19.4 Å². The van der Waals surface area contributed by atoms with E-state index < -0.39 is 0 Å². The minimum absolute atomic E-state index is 0.110. The van der Waals surface area contributed by atoms with E-state index in [0.29, 0.717) is 11.6 Å². The molecule has 0 amide bonds. The molecule has 3 aliphatic rings. The number of furan rings is 1. The summed E-state index contributed by atoms with van der Waals surface area (Å²) in [6.45, 7) is 0. The van der Waals surface area contributed by atoms with Crippen LogP contribution in [0.15, 0.2) is 186 Å². The van der Waals surface area contributed by atoms with E-state index in [2.05, 4.69) is 158 Å². The molecule has 7 aromatic rings. The second-order valence-electron chi connectivity index (χ2n) is 13.8. The van der Waals surface area contributed by atoms with Crippen molar-refractivity contribution in [1.82, 2.24) is 15.0 Å². The van der Waals surface area contributed by atoms with Gasteiger partial charge in [0.1, 0.15) is 11.2 Å². The number of allylic oxidation sites excluding steroid dienone is 12. The van der Waals surface area contributed by atoms with Gasteiger partial charge < -0.3 is 4.42 Å². The molecule has 5 aromatic carbocycles. The molecule has 2 unspecified atom stereocenters. The average molecular weight is 682 g/mol. The first-order valence-electron chi connectivity index (χ1n) is 18.3. The Labute approximate surface area is 308 Å². The highest BCUT2D eigenvalue weighted by atomic mass is 16.3. The summed E-state index contributed by atoms with van der Waals surface area (Å²) in [5.41, 5.74) is 12.3. The van der Waals surface area contributed by atoms with Crippen LogP contribution in [-0.4, -0.2) is 15.0 Å². The molecule has 0 fully saturated rings. The van der Waals surface area contributed by atoms with Crippen LogP contribution in [0.5, 0.6) is 0 Å². The molecule has 4 nitrogen and oxygen atoms in total. The van der Waals surface area contributed by atoms with Crippen LogP contribution in [0.1, 0.15) is 41.5 Å². The van der Waals surface area contributed by atoms with Crippen molar-refractivity contribution in [3.63, 3.8) is 0 Å². The molecule has 4 heteroatoms. The summed E-state index contributed by atoms with van der Waals surface area (Å²) in [4.78, 5) is 15.6. The number of hydrogen-bond donors (Lipinski definition) is 0. The van der Waals surface area contributed by atoms with E-state index in [1.54, 1.807) is 0 Å². The summed E-state index contributed by atoms with van der Waals surface area (Å²) < 4.78 is 6.30. The van der Waals surface area contributed by atoms with E-state index >= 15 is 0 Å². The molecule has 2 heterocycles. The summed E-state index contributed by atoms with van der Waals surface area (Å²) in [5.74, 6) is 2.32. The lowest BCUT2D eigenvalue weighted by Crippen LogP contribution is -2.19. The zero-order chi connectivity index (χ0) is 35.1. The van der Waals surface area contributed by atoms with Crippen LogP contribution in [0.4, 0.5) is 0 Å². The highest BCUT2D eigenvalue weighted by molar-refractivity contribution is 6.07. The monoisotopic (exact) mass is 681 g/mol. The number of fused-ring (bicyclic) bond motifs is 4. The summed E-state index contributed by atoms with van der Waals surface area (Å²) in [5, 5.41) is 2.33. The molecule has 0 saturated carbocycles. The number of benzene rings is 5. The standard InChI is InChI=1S/C49H35N3O/c1-3-12-32(13-4-1)34-24-28-36(29-25-34)47-50-48(37-30-26-35(27-31-37)33-14-5-2-6-15-33)52-49(51-47)42-21-10-17-38-39(18-9-19-40(38)42)41-20-11-23-45-46(41)43-16-7-8-22-44(43)53-45/h1-26,28-30,38-39H,27,31H2. The SMILES string of the molecule is C1=CC2C(=CC=CC2c2cccc3oc4ccccc4c23)C(c2nc(C3=CC=C(c4ccccc4)CC3)nc(-c3ccc(-c4ccccc4)cc3)n2)=C1. The molecule has 0 bridgehead atoms. The van der Waals surface area contributed by atoms with Crippen molar-refractivity contribution in [2.75, 3.05) is 0 Å². The van der Waals surface area contributed by atoms with Crippen LogP contribution in [0.2, 0.25) is 0 Å². The van der Waals surface area contributed by atoms with Crippen LogP contribution >= 0.6 is 0 Å². The maximum absolute atomic E-state index is 6.30. The Morgan fingerprint density at radius 1 is 0.453 bits per heavy atom. The molecule has 2 aromatic heterocycles. The number of para-hydroxylation sites is 1. The van der Waals surface area contributed by atoms with Gasteiger partial charge in [-0.25, -0.2) is 15.0 Å². The Hall–Kier alpha value is -6.65. The first-order valence-corrected chi connectivity index (χ1v) is 18.3. The number of nitrogens with zero attached hydrogens (tertiary/aromatic N) is 3. The van der Waals surface area contributed by atoms with Gasteiger partial charge in [0, 0.05) is 33.7 Å². The first-order chi connectivity index (χ1) is 26.3. The summed E-state index contributed by atoms with van der Waals surface area (Å²) in [7, 11) is 0. The van der Waals surface area contributed by atoms with Gasteiger partial charge >= 0.3 is 0 Å². The molecule has 0 spiro atoms. The Morgan fingerprint density at radius 2 is 1.08 bits per heavy atom. The van der Waals surface area contributed by atoms with Crippen molar-refractivity contribution in [1.29, 1.82) is 0 Å². The minimum atomic E-state index is 0.110. The number of rotatable bonds is 6. The van der Waals surface area contributed by atoms with Crippen LogP contribution < -0.4 is 0 Å². The fraction of sp³-hybridized carbons (Fsp3) is 0.0816. The second-order valence-corrected chi connectivity index (χ2v) is 13.8. The molecule has 10 rings (SSSR count). The highest BCUT2D eigenvalue weighted by Gasteiger charge is 2.32. The molecule has 53 heavy (non-hydrogen) atoms. The molecule has 0 aliphatic heterocycles. The van der Waals surface area contributed by atoms with E-state index in [1.807, 2.05) is 18.2 Å². The van der Waals surface area contributed by atoms with Gasteiger partial charge in [-0.15, -0.1) is 0 Å². The maximum Gasteiger partial charge on any atom is 0.164 e. The third kappa shape index (κ3) is 5.69. The molecule has 0 saturated heterocycles. The average Bonchev–Trinajstić information content (AvgIpc) is 3.63. The van der Waals surface area contributed by atoms with Gasteiger partial charge in [0.05, 0.1) is 0 Å². The van der Waals surface area contributed by atoms with E-state index in [0.717, 1.165) is 57.5 Å². The predicted molar refractivity (Wildman–Crippen MR) is 217 cm³/mol. The second kappa shape index (κ2) is 13.2. The first kappa shape index (κ1) is 31.1. The van der Waals surface area contributed by atoms with Gasteiger partial charge in [-0.05, 0) is 63.9 Å². The normalized spacial score (nSPS) is 18.0. The van der Waals surface area contributed by atoms with Crippen LogP contribution in [0, 0.1) is 5.92 Å². The zero-order valence-electron chi connectivity index (χ0n) is 29.1. The third-order valence-corrected chi connectivity index (χ3v) is 10.7. The van der Waals surface area contributed by atoms with Gasteiger partial charge in [-0.1, -0.05) is 164 Å². The fourth-order valence-corrected chi connectivity index (χ4v) is 8.07. The molecule has 0 radical (unpaired) electrons. The summed E-state index contributed by atoms with van der Waals surface area (Å²) in [6.07, 6.45) is 19.6. The lowest BCUT2D eigenvalue weighted by Gasteiger charge is -2.31. The minimum Gasteiger partial charge on any atom is -0.456 e. The van der Waals surface area contributed by atoms with Crippen molar-refractivity contribution in [3.05, 3.63) is 204 Å². The highest BCUT2D eigenvalue weighted by Crippen LogP contribution is 2.46. The largest absolute Gasteiger partial charge is 0.456 e. The quantitative estimate of drug-likeness (QED) is 0.175. The van der Waals surface area contributed by atoms with Crippen molar-refractivity contribution < 1.29 is 4.42 Å². The van der Waals surface area contributed by atoms with Crippen LogP contribution in [0.25, 0.3) is 61.2 Å². The summed E-state index contributed by atoms with van der Waals surface area (Å²) in [6, 6.07) is 44.4. The smallest absolute Gasteiger partial charge is 0.164 e. The maximum atomic E-state index is 6.30. The van der Waals surface area contributed by atoms with Gasteiger partial charge in [-0.2, -0.15) is 0 Å². The predicted octanol–water partition coefficient (Wildman–Crippen LogP) is 12.2. The lowest BCUT2D eigenvalue weighted by atomic mass is 9.73. The summed E-state index contributed by atoms with van der Waals surface area (Å²) >= 11 is 0. The Morgan fingerprint density at radius 3 is 1.89 bits per heavy atom.